The van der Waals surface area contributed by atoms with Crippen molar-refractivity contribution in [1.82, 2.24) is 5.32 Å². The van der Waals surface area contributed by atoms with Gasteiger partial charge in [-0.25, -0.2) is 4.79 Å². The summed E-state index contributed by atoms with van der Waals surface area (Å²) in [7, 11) is 1.31. The molecule has 6 nitrogen and oxygen atoms in total. The molecule has 0 aliphatic rings. The Morgan fingerprint density at radius 3 is 2.22 bits per heavy atom. The van der Waals surface area contributed by atoms with Gasteiger partial charge in [-0.15, -0.1) is 0 Å². The third-order valence-corrected chi connectivity index (χ3v) is 2.21. The highest BCUT2D eigenvalue weighted by Crippen LogP contribution is 1.98. The van der Waals surface area contributed by atoms with E-state index in [-0.39, 0.29) is 11.7 Å². The Hall–Kier alpha value is -1.14. The first-order valence-electron chi connectivity index (χ1n) is 6.08. The molecule has 0 radical (unpaired) electrons. The molecule has 18 heavy (non-hydrogen) atoms. The summed E-state index contributed by atoms with van der Waals surface area (Å²) in [5.74, 6) is 0.271. The van der Waals surface area contributed by atoms with Crippen molar-refractivity contribution in [3.8, 4) is 0 Å². The number of hydrogen-bond acceptors (Lipinski definition) is 5. The molecule has 6 heteroatoms. The predicted octanol–water partition coefficient (Wildman–Crippen LogP) is 0.991. The molecular formula is C12H23NO5. The molecule has 1 N–H and O–H groups in total. The number of rotatable bonds is 10. The smallest absolute Gasteiger partial charge is 0.406 e. The standard InChI is InChI=1S/C12H23NO5/c1-10(2)11(14)4-6-17-8-9-18-7-5-13-12(15)16-3/h10H,4-9H2,1-3H3,(H,13,15). The van der Waals surface area contributed by atoms with Gasteiger partial charge >= 0.3 is 6.09 Å². The maximum atomic E-state index is 11.2. The van der Waals surface area contributed by atoms with Gasteiger partial charge in [0.1, 0.15) is 5.78 Å². The van der Waals surface area contributed by atoms with Crippen molar-refractivity contribution in [1.29, 1.82) is 0 Å². The van der Waals surface area contributed by atoms with Gasteiger partial charge in [0.15, 0.2) is 0 Å². The minimum absolute atomic E-state index is 0.0641. The number of hydrogen-bond donors (Lipinski definition) is 1. The second kappa shape index (κ2) is 11.0. The van der Waals surface area contributed by atoms with Crippen LogP contribution in [0.25, 0.3) is 0 Å². The van der Waals surface area contributed by atoms with Crippen LogP contribution in [0, 0.1) is 5.92 Å². The summed E-state index contributed by atoms with van der Waals surface area (Å²) in [5, 5.41) is 2.49. The SMILES string of the molecule is COC(=O)NCCOCCOCCC(=O)C(C)C. The van der Waals surface area contributed by atoms with Gasteiger partial charge in [-0.1, -0.05) is 13.8 Å². The number of ether oxygens (including phenoxy) is 3. The third kappa shape index (κ3) is 10.0. The van der Waals surface area contributed by atoms with E-state index < -0.39 is 6.09 Å². The average Bonchev–Trinajstić information content (AvgIpc) is 2.35. The number of Topliss-reactive ketones (excluding diaryl/α,β-unsaturated/α-hetero) is 1. The first-order chi connectivity index (χ1) is 8.57. The summed E-state index contributed by atoms with van der Waals surface area (Å²) in [5.41, 5.74) is 0. The molecular weight excluding hydrogens is 238 g/mol. The molecule has 0 heterocycles. The van der Waals surface area contributed by atoms with Crippen molar-refractivity contribution in [2.24, 2.45) is 5.92 Å². The largest absolute Gasteiger partial charge is 0.453 e. The summed E-state index contributed by atoms with van der Waals surface area (Å²) < 4.78 is 14.8. The van der Waals surface area contributed by atoms with Gasteiger partial charge in [0.05, 0.1) is 33.5 Å². The van der Waals surface area contributed by atoms with Gasteiger partial charge in [0.25, 0.3) is 0 Å². The number of methoxy groups -OCH3 is 1. The molecule has 0 spiro atoms. The molecule has 1 amide bonds. The lowest BCUT2D eigenvalue weighted by molar-refractivity contribution is -0.123. The second-order valence-electron chi connectivity index (χ2n) is 4.01. The lowest BCUT2D eigenvalue weighted by Gasteiger charge is -2.07. The van der Waals surface area contributed by atoms with Gasteiger partial charge in [-0.3, -0.25) is 4.79 Å². The van der Waals surface area contributed by atoms with Crippen molar-refractivity contribution < 1.29 is 23.8 Å². The number of carbonyl (C=O) groups excluding carboxylic acids is 2. The van der Waals surface area contributed by atoms with Crippen LogP contribution >= 0.6 is 0 Å². The van der Waals surface area contributed by atoms with E-state index in [1.807, 2.05) is 13.8 Å². The number of carbonyl (C=O) groups is 2. The third-order valence-electron chi connectivity index (χ3n) is 2.21. The Bertz CT molecular complexity index is 243. The molecule has 106 valence electrons. The lowest BCUT2D eigenvalue weighted by atomic mass is 10.1. The number of alkyl carbamates (subject to hydrolysis) is 1. The molecule has 0 rings (SSSR count). The average molecular weight is 261 g/mol. The number of nitrogens with one attached hydrogen (secondary N) is 1. The first kappa shape index (κ1) is 16.9. The van der Waals surface area contributed by atoms with Crippen LogP contribution in [0.4, 0.5) is 4.79 Å². The van der Waals surface area contributed by atoms with Gasteiger partial charge in [-0.05, 0) is 0 Å². The molecule has 0 aromatic heterocycles. The Morgan fingerprint density at radius 1 is 1.06 bits per heavy atom. The van der Waals surface area contributed by atoms with E-state index in [2.05, 4.69) is 10.1 Å². The van der Waals surface area contributed by atoms with Gasteiger partial charge in [-0.2, -0.15) is 0 Å². The fourth-order valence-electron chi connectivity index (χ4n) is 1.08. The zero-order chi connectivity index (χ0) is 13.8. The van der Waals surface area contributed by atoms with Crippen LogP contribution in [0.2, 0.25) is 0 Å². The zero-order valence-electron chi connectivity index (χ0n) is 11.4. The van der Waals surface area contributed by atoms with Gasteiger partial charge in [0.2, 0.25) is 0 Å². The second-order valence-corrected chi connectivity index (χ2v) is 4.01. The molecule has 0 bridgehead atoms. The van der Waals surface area contributed by atoms with Crippen LogP contribution in [0.1, 0.15) is 20.3 Å². The highest BCUT2D eigenvalue weighted by atomic mass is 16.5. The lowest BCUT2D eigenvalue weighted by Crippen LogP contribution is -2.27. The molecule has 0 atom stereocenters. The molecule has 0 saturated carbocycles. The quantitative estimate of drug-likeness (QED) is 0.594. The van der Waals surface area contributed by atoms with E-state index in [0.29, 0.717) is 39.4 Å². The summed E-state index contributed by atoms with van der Waals surface area (Å²) in [4.78, 5) is 21.9. The summed E-state index contributed by atoms with van der Waals surface area (Å²) in [6.45, 7) is 5.88. The number of ketones is 1. The van der Waals surface area contributed by atoms with Crippen LogP contribution in [0.5, 0.6) is 0 Å². The fourth-order valence-corrected chi connectivity index (χ4v) is 1.08. The molecule has 0 saturated heterocycles. The summed E-state index contributed by atoms with van der Waals surface area (Å²) >= 11 is 0. The van der Waals surface area contributed by atoms with Crippen LogP contribution in [0.15, 0.2) is 0 Å². The van der Waals surface area contributed by atoms with Crippen molar-refractivity contribution in [3.05, 3.63) is 0 Å². The van der Waals surface area contributed by atoms with E-state index in [1.54, 1.807) is 0 Å². The fraction of sp³-hybridized carbons (Fsp3) is 0.833. The van der Waals surface area contributed by atoms with Crippen molar-refractivity contribution >= 4 is 11.9 Å². The maximum absolute atomic E-state index is 11.2. The van der Waals surface area contributed by atoms with E-state index in [4.69, 9.17) is 9.47 Å². The van der Waals surface area contributed by atoms with E-state index >= 15 is 0 Å². The first-order valence-corrected chi connectivity index (χ1v) is 6.08. The monoisotopic (exact) mass is 261 g/mol. The topological polar surface area (TPSA) is 73.9 Å². The highest BCUT2D eigenvalue weighted by molar-refractivity contribution is 5.80. The van der Waals surface area contributed by atoms with E-state index in [9.17, 15) is 9.59 Å². The Labute approximate surface area is 108 Å². The Morgan fingerprint density at radius 2 is 1.67 bits per heavy atom. The van der Waals surface area contributed by atoms with Crippen molar-refractivity contribution in [2.75, 3.05) is 40.1 Å². The molecule has 0 aromatic rings. The van der Waals surface area contributed by atoms with E-state index in [0.717, 1.165) is 0 Å². The van der Waals surface area contributed by atoms with E-state index in [1.165, 1.54) is 7.11 Å². The van der Waals surface area contributed by atoms with Crippen LogP contribution in [0.3, 0.4) is 0 Å². The van der Waals surface area contributed by atoms with Gasteiger partial charge < -0.3 is 19.5 Å². The predicted molar refractivity (Wildman–Crippen MR) is 66.5 cm³/mol. The summed E-state index contributed by atoms with van der Waals surface area (Å²) in [6, 6.07) is 0. The minimum atomic E-state index is -0.470. The molecule has 0 fully saturated rings. The normalized spacial score (nSPS) is 10.4. The maximum Gasteiger partial charge on any atom is 0.406 e. The molecule has 0 aliphatic heterocycles. The summed E-state index contributed by atoms with van der Waals surface area (Å²) in [6.07, 6.45) is -0.0243. The Kier molecular flexibility index (Phi) is 10.3. The zero-order valence-corrected chi connectivity index (χ0v) is 11.4. The van der Waals surface area contributed by atoms with Crippen LogP contribution in [-0.2, 0) is 19.0 Å². The molecule has 0 aliphatic carbocycles. The Balaban J connectivity index is 3.17. The number of amides is 1. The van der Waals surface area contributed by atoms with Gasteiger partial charge in [0, 0.05) is 18.9 Å². The van der Waals surface area contributed by atoms with Crippen molar-refractivity contribution in [3.63, 3.8) is 0 Å². The highest BCUT2D eigenvalue weighted by Gasteiger charge is 2.05. The minimum Gasteiger partial charge on any atom is -0.453 e. The molecule has 0 unspecified atom stereocenters. The van der Waals surface area contributed by atoms with Crippen LogP contribution < -0.4 is 5.32 Å². The van der Waals surface area contributed by atoms with Crippen molar-refractivity contribution in [2.45, 2.75) is 20.3 Å². The van der Waals surface area contributed by atoms with Crippen LogP contribution in [-0.4, -0.2) is 52.0 Å². The molecule has 0 aromatic carbocycles.